The minimum Gasteiger partial charge on any atom is -0.379 e. The molecular formula is C20H36N8O5S. The van der Waals surface area contributed by atoms with Crippen molar-refractivity contribution < 1.29 is 22.7 Å². The number of hydrogen-bond acceptors (Lipinski definition) is 9. The van der Waals surface area contributed by atoms with Crippen LogP contribution in [0, 0.1) is 11.3 Å². The van der Waals surface area contributed by atoms with Crippen molar-refractivity contribution in [2.24, 2.45) is 21.7 Å². The maximum Gasteiger partial charge on any atom is 0.313 e. The molecule has 0 bridgehead atoms. The first kappa shape index (κ1) is 26.3. The molecular weight excluding hydrogens is 464 g/mol. The van der Waals surface area contributed by atoms with Gasteiger partial charge in [-0.2, -0.15) is 8.42 Å². The van der Waals surface area contributed by atoms with E-state index in [0.717, 1.165) is 25.7 Å². The van der Waals surface area contributed by atoms with Crippen molar-refractivity contribution in [3.05, 3.63) is 0 Å². The Balaban J connectivity index is 1.80. The van der Waals surface area contributed by atoms with Crippen LogP contribution in [-0.4, -0.2) is 112 Å². The van der Waals surface area contributed by atoms with Crippen LogP contribution in [-0.2, 0) is 24.8 Å². The summed E-state index contributed by atoms with van der Waals surface area (Å²) in [6, 6.07) is -0.0189. The standard InChI is InChI=1S/C20H36N8O5S/c21-5-7-28(16-3-4-16)18(30)20(25-34(31)32,27-8-10-33-11-9-27)12-17(29)24-13-15-2-1-6-26(14-15)19(22)23/h15-16H,1-14,21H2,(H3,22,23)(H,24,29)/t15-,20+/m0/s1. The van der Waals surface area contributed by atoms with Crippen LogP contribution < -0.4 is 16.8 Å². The second-order valence-electron chi connectivity index (χ2n) is 9.06. The second kappa shape index (κ2) is 11.9. The van der Waals surface area contributed by atoms with E-state index in [9.17, 15) is 18.0 Å². The summed E-state index contributed by atoms with van der Waals surface area (Å²) in [5.41, 5.74) is 9.45. The highest BCUT2D eigenvalue weighted by atomic mass is 32.2. The van der Waals surface area contributed by atoms with Crippen LogP contribution in [0.1, 0.15) is 32.1 Å². The molecule has 14 heteroatoms. The van der Waals surface area contributed by atoms with Crippen LogP contribution in [0.15, 0.2) is 4.36 Å². The number of rotatable bonds is 10. The predicted octanol–water partition coefficient (Wildman–Crippen LogP) is -1.86. The van der Waals surface area contributed by atoms with Gasteiger partial charge >= 0.3 is 10.5 Å². The fraction of sp³-hybridized carbons (Fsp3) is 0.850. The van der Waals surface area contributed by atoms with E-state index in [1.165, 1.54) is 0 Å². The number of guanidine groups is 1. The fourth-order valence-electron chi connectivity index (χ4n) is 4.71. The molecule has 0 unspecified atom stereocenters. The minimum absolute atomic E-state index is 0.00440. The van der Waals surface area contributed by atoms with E-state index in [4.69, 9.17) is 21.6 Å². The summed E-state index contributed by atoms with van der Waals surface area (Å²) in [7, 11) is -2.92. The first-order valence-electron chi connectivity index (χ1n) is 11.8. The van der Waals surface area contributed by atoms with Crippen molar-refractivity contribution in [1.29, 1.82) is 5.41 Å². The average Bonchev–Trinajstić information content (AvgIpc) is 3.66. The van der Waals surface area contributed by atoms with E-state index in [1.54, 1.807) is 14.7 Å². The van der Waals surface area contributed by atoms with Gasteiger partial charge in [-0.25, -0.2) is 0 Å². The lowest BCUT2D eigenvalue weighted by atomic mass is 9.97. The molecule has 34 heavy (non-hydrogen) atoms. The Morgan fingerprint density at radius 3 is 2.50 bits per heavy atom. The molecule has 2 aliphatic heterocycles. The molecule has 2 heterocycles. The molecule has 0 radical (unpaired) electrons. The number of carbonyl (C=O) groups excluding carboxylic acids is 2. The van der Waals surface area contributed by atoms with Crippen LogP contribution in [0.25, 0.3) is 0 Å². The van der Waals surface area contributed by atoms with Crippen molar-refractivity contribution in [2.75, 3.05) is 59.0 Å². The summed E-state index contributed by atoms with van der Waals surface area (Å²) in [6.07, 6.45) is 2.93. The molecule has 2 amide bonds. The van der Waals surface area contributed by atoms with E-state index in [-0.39, 0.29) is 44.1 Å². The molecule has 1 aliphatic carbocycles. The van der Waals surface area contributed by atoms with Crippen molar-refractivity contribution in [3.63, 3.8) is 0 Å². The molecule has 0 aromatic heterocycles. The number of nitrogens with zero attached hydrogens (tertiary/aromatic N) is 4. The summed E-state index contributed by atoms with van der Waals surface area (Å²) in [6.45, 7) is 3.26. The number of nitrogens with one attached hydrogen (secondary N) is 2. The molecule has 0 aromatic rings. The fourth-order valence-corrected chi connectivity index (χ4v) is 5.21. The molecule has 1 saturated carbocycles. The Hall–Kier alpha value is -2.29. The van der Waals surface area contributed by atoms with E-state index in [2.05, 4.69) is 9.68 Å². The Bertz CT molecular complexity index is 881. The molecule has 2 saturated heterocycles. The van der Waals surface area contributed by atoms with Gasteiger partial charge in [0, 0.05) is 51.9 Å². The zero-order valence-corrected chi connectivity index (χ0v) is 20.3. The third-order valence-electron chi connectivity index (χ3n) is 6.58. The molecule has 192 valence electrons. The van der Waals surface area contributed by atoms with Crippen molar-refractivity contribution >= 4 is 28.3 Å². The van der Waals surface area contributed by atoms with E-state index >= 15 is 0 Å². The molecule has 0 aromatic carbocycles. The molecule has 13 nitrogen and oxygen atoms in total. The van der Waals surface area contributed by atoms with Crippen LogP contribution in [0.2, 0.25) is 0 Å². The highest BCUT2D eigenvalue weighted by Gasteiger charge is 2.51. The molecule has 3 rings (SSSR count). The normalized spacial score (nSPS) is 23.0. The number of ether oxygens (including phenoxy) is 1. The Labute approximate surface area is 201 Å². The van der Waals surface area contributed by atoms with Gasteiger partial charge in [-0.05, 0) is 31.6 Å². The highest BCUT2D eigenvalue weighted by Crippen LogP contribution is 2.33. The van der Waals surface area contributed by atoms with Gasteiger partial charge < -0.3 is 31.3 Å². The number of nitrogens with two attached hydrogens (primary N) is 2. The van der Waals surface area contributed by atoms with E-state index < -0.39 is 34.4 Å². The highest BCUT2D eigenvalue weighted by molar-refractivity contribution is 7.61. The van der Waals surface area contributed by atoms with Gasteiger partial charge in [0.15, 0.2) is 5.96 Å². The van der Waals surface area contributed by atoms with Gasteiger partial charge in [0.2, 0.25) is 11.6 Å². The van der Waals surface area contributed by atoms with Crippen molar-refractivity contribution in [2.45, 2.75) is 43.8 Å². The van der Waals surface area contributed by atoms with E-state index in [0.29, 0.717) is 32.8 Å². The predicted molar refractivity (Wildman–Crippen MR) is 124 cm³/mol. The third-order valence-corrected chi connectivity index (χ3v) is 7.03. The smallest absolute Gasteiger partial charge is 0.313 e. The summed E-state index contributed by atoms with van der Waals surface area (Å²) < 4.78 is 32.9. The molecule has 3 fully saturated rings. The third kappa shape index (κ3) is 6.64. The SMILES string of the molecule is N=C(N)N1CCC[C@@H](CNC(=O)C[C@](N=S(=O)=O)(C(=O)N(CCN)C2CC2)N2CCOCC2)C1. The van der Waals surface area contributed by atoms with Gasteiger partial charge in [0.25, 0.3) is 5.91 Å². The number of amides is 2. The van der Waals surface area contributed by atoms with Gasteiger partial charge in [0.1, 0.15) is 0 Å². The monoisotopic (exact) mass is 500 g/mol. The Morgan fingerprint density at radius 1 is 1.21 bits per heavy atom. The first-order chi connectivity index (χ1) is 16.3. The summed E-state index contributed by atoms with van der Waals surface area (Å²) in [5.74, 6) is -0.870. The number of hydrogen-bond donors (Lipinski definition) is 4. The lowest BCUT2D eigenvalue weighted by molar-refractivity contribution is -0.151. The van der Waals surface area contributed by atoms with Crippen LogP contribution in [0.3, 0.4) is 0 Å². The van der Waals surface area contributed by atoms with Crippen LogP contribution in [0.4, 0.5) is 0 Å². The largest absolute Gasteiger partial charge is 0.379 e. The summed E-state index contributed by atoms with van der Waals surface area (Å²) in [5, 5.41) is 10.5. The number of carbonyl (C=O) groups is 2. The zero-order valence-electron chi connectivity index (χ0n) is 19.4. The minimum atomic E-state index is -2.92. The molecule has 2 atom stereocenters. The first-order valence-corrected chi connectivity index (χ1v) is 12.8. The lowest BCUT2D eigenvalue weighted by Gasteiger charge is -2.42. The topological polar surface area (TPSA) is 188 Å². The second-order valence-corrected chi connectivity index (χ2v) is 9.68. The Kier molecular flexibility index (Phi) is 9.22. The van der Waals surface area contributed by atoms with E-state index in [1.807, 2.05) is 0 Å². The quantitative estimate of drug-likeness (QED) is 0.197. The van der Waals surface area contributed by atoms with Gasteiger partial charge in [0.05, 0.1) is 19.6 Å². The summed E-state index contributed by atoms with van der Waals surface area (Å²) >= 11 is 0. The maximum absolute atomic E-state index is 13.8. The molecule has 6 N–H and O–H groups in total. The van der Waals surface area contributed by atoms with Gasteiger partial charge in [-0.1, -0.05) is 0 Å². The van der Waals surface area contributed by atoms with Gasteiger partial charge in [-0.3, -0.25) is 19.9 Å². The van der Waals surface area contributed by atoms with Crippen molar-refractivity contribution in [1.82, 2.24) is 20.0 Å². The number of morpholine rings is 1. The maximum atomic E-state index is 13.8. The zero-order chi connectivity index (χ0) is 24.7. The average molecular weight is 501 g/mol. The Morgan fingerprint density at radius 2 is 1.91 bits per heavy atom. The molecule has 3 aliphatic rings. The lowest BCUT2D eigenvalue weighted by Crippen LogP contribution is -2.63. The van der Waals surface area contributed by atoms with Crippen molar-refractivity contribution in [3.8, 4) is 0 Å². The number of likely N-dealkylation sites (tertiary alicyclic amines) is 1. The number of piperidine rings is 1. The van der Waals surface area contributed by atoms with Crippen LogP contribution in [0.5, 0.6) is 0 Å². The van der Waals surface area contributed by atoms with Gasteiger partial charge in [-0.15, -0.1) is 4.36 Å². The van der Waals surface area contributed by atoms with Crippen LogP contribution >= 0.6 is 0 Å². The molecule has 0 spiro atoms. The summed E-state index contributed by atoms with van der Waals surface area (Å²) in [4.78, 5) is 31.9.